The van der Waals surface area contributed by atoms with E-state index in [9.17, 15) is 4.79 Å². The number of H-pyrrole nitrogens is 1. The highest BCUT2D eigenvalue weighted by atomic mass is 16.5. The molecule has 0 fully saturated rings. The van der Waals surface area contributed by atoms with Crippen molar-refractivity contribution in [2.24, 2.45) is 0 Å². The van der Waals surface area contributed by atoms with Gasteiger partial charge in [0.1, 0.15) is 17.4 Å². The van der Waals surface area contributed by atoms with Gasteiger partial charge in [-0.25, -0.2) is 0 Å². The average Bonchev–Trinajstić information content (AvgIpc) is 2.41. The number of aromatic amines is 1. The van der Waals surface area contributed by atoms with Crippen LogP contribution in [0.1, 0.15) is 18.1 Å². The molecule has 1 N–H and O–H groups in total. The fraction of sp³-hybridized carbons (Fsp3) is 0.200. The van der Waals surface area contributed by atoms with Crippen molar-refractivity contribution in [3.63, 3.8) is 0 Å². The largest absolute Gasteiger partial charge is 0.494 e. The first-order valence-electron chi connectivity index (χ1n) is 6.03. The highest BCUT2D eigenvalue weighted by Gasteiger charge is 2.09. The first-order valence-corrected chi connectivity index (χ1v) is 6.03. The zero-order valence-electron chi connectivity index (χ0n) is 10.9. The molecule has 2 rings (SSSR count). The predicted octanol–water partition coefficient (Wildman–Crippen LogP) is 2.62. The number of hydrogen-bond acceptors (Lipinski definition) is 3. The Morgan fingerprint density at radius 3 is 2.79 bits per heavy atom. The van der Waals surface area contributed by atoms with Gasteiger partial charge in [-0.3, -0.25) is 4.79 Å². The second-order valence-corrected chi connectivity index (χ2v) is 4.12. The summed E-state index contributed by atoms with van der Waals surface area (Å²) in [6.45, 7) is 4.47. The number of nitrogens with zero attached hydrogens (tertiary/aromatic N) is 1. The first kappa shape index (κ1) is 12.9. The number of aromatic nitrogens is 1. The van der Waals surface area contributed by atoms with Crippen LogP contribution in [0.25, 0.3) is 11.1 Å². The quantitative estimate of drug-likeness (QED) is 0.915. The van der Waals surface area contributed by atoms with Crippen molar-refractivity contribution in [3.8, 4) is 22.9 Å². The van der Waals surface area contributed by atoms with Crippen LogP contribution < -0.4 is 10.3 Å². The summed E-state index contributed by atoms with van der Waals surface area (Å²) >= 11 is 0. The molecule has 4 heteroatoms. The van der Waals surface area contributed by atoms with Gasteiger partial charge in [-0.2, -0.15) is 5.26 Å². The Balaban J connectivity index is 2.55. The molecular formula is C15H14N2O2. The normalized spacial score (nSPS) is 9.95. The van der Waals surface area contributed by atoms with E-state index in [2.05, 4.69) is 4.98 Å². The molecule has 0 saturated carbocycles. The minimum atomic E-state index is -0.369. The summed E-state index contributed by atoms with van der Waals surface area (Å²) in [6.07, 6.45) is 1.55. The molecule has 0 aliphatic rings. The summed E-state index contributed by atoms with van der Waals surface area (Å²) in [5.41, 5.74) is 2.21. The van der Waals surface area contributed by atoms with E-state index in [1.807, 2.05) is 38.1 Å². The summed E-state index contributed by atoms with van der Waals surface area (Å²) in [5, 5.41) is 9.07. The molecule has 96 valence electrons. The van der Waals surface area contributed by atoms with E-state index in [0.29, 0.717) is 12.2 Å². The molecule has 1 heterocycles. The topological polar surface area (TPSA) is 65.9 Å². The Bertz CT molecular complexity index is 696. The molecule has 0 aliphatic carbocycles. The number of hydrogen-bond donors (Lipinski definition) is 1. The highest BCUT2D eigenvalue weighted by Crippen LogP contribution is 2.27. The Kier molecular flexibility index (Phi) is 3.67. The standard InChI is InChI=1S/C15H14N2O2/c1-3-19-14-5-4-11(8-10(14)2)12-6-7-17-15(18)13(12)9-16/h4-8H,3H2,1-2H3,(H,17,18). The van der Waals surface area contributed by atoms with Crippen molar-refractivity contribution >= 4 is 0 Å². The summed E-state index contributed by atoms with van der Waals surface area (Å²) in [4.78, 5) is 14.1. The molecule has 19 heavy (non-hydrogen) atoms. The van der Waals surface area contributed by atoms with Crippen LogP contribution in [0.2, 0.25) is 0 Å². The van der Waals surface area contributed by atoms with Crippen molar-refractivity contribution in [2.45, 2.75) is 13.8 Å². The van der Waals surface area contributed by atoms with Crippen LogP contribution >= 0.6 is 0 Å². The zero-order valence-corrected chi connectivity index (χ0v) is 10.9. The molecule has 4 nitrogen and oxygen atoms in total. The third-order valence-corrected chi connectivity index (χ3v) is 2.86. The molecule has 0 unspecified atom stereocenters. The van der Waals surface area contributed by atoms with Crippen LogP contribution in [0.15, 0.2) is 35.3 Å². The van der Waals surface area contributed by atoms with E-state index in [1.54, 1.807) is 12.3 Å². The SMILES string of the molecule is CCOc1ccc(-c2cc[nH]c(=O)c2C#N)cc1C. The molecule has 0 spiro atoms. The monoisotopic (exact) mass is 254 g/mol. The molecular weight excluding hydrogens is 240 g/mol. The van der Waals surface area contributed by atoms with Crippen molar-refractivity contribution in [1.82, 2.24) is 4.98 Å². The Morgan fingerprint density at radius 2 is 2.16 bits per heavy atom. The summed E-state index contributed by atoms with van der Waals surface area (Å²) in [5.74, 6) is 0.814. The molecule has 0 bridgehead atoms. The number of pyridine rings is 1. The van der Waals surface area contributed by atoms with E-state index in [-0.39, 0.29) is 11.1 Å². The van der Waals surface area contributed by atoms with Crippen molar-refractivity contribution in [3.05, 3.63) is 51.9 Å². The van der Waals surface area contributed by atoms with Crippen LogP contribution in [-0.4, -0.2) is 11.6 Å². The average molecular weight is 254 g/mol. The number of aryl methyl sites for hydroxylation is 1. The third kappa shape index (κ3) is 2.50. The maximum Gasteiger partial charge on any atom is 0.266 e. The van der Waals surface area contributed by atoms with Gasteiger partial charge in [0.05, 0.1) is 6.61 Å². The molecule has 2 aromatic rings. The number of benzene rings is 1. The number of nitrogens with one attached hydrogen (secondary N) is 1. The maximum absolute atomic E-state index is 11.6. The summed E-state index contributed by atoms with van der Waals surface area (Å²) < 4.78 is 5.47. The minimum Gasteiger partial charge on any atom is -0.494 e. The van der Waals surface area contributed by atoms with Crippen molar-refractivity contribution < 1.29 is 4.74 Å². The number of ether oxygens (including phenoxy) is 1. The molecule has 0 atom stereocenters. The van der Waals surface area contributed by atoms with Gasteiger partial charge in [-0.1, -0.05) is 6.07 Å². The van der Waals surface area contributed by atoms with Gasteiger partial charge < -0.3 is 9.72 Å². The lowest BCUT2D eigenvalue weighted by Crippen LogP contribution is -2.10. The molecule has 0 aliphatic heterocycles. The van der Waals surface area contributed by atoms with Crippen molar-refractivity contribution in [1.29, 1.82) is 5.26 Å². The van der Waals surface area contributed by atoms with Gasteiger partial charge in [0.2, 0.25) is 0 Å². The Labute approximate surface area is 111 Å². The lowest BCUT2D eigenvalue weighted by molar-refractivity contribution is 0.338. The van der Waals surface area contributed by atoms with E-state index in [1.165, 1.54) is 0 Å². The van der Waals surface area contributed by atoms with E-state index < -0.39 is 0 Å². The maximum atomic E-state index is 11.6. The second-order valence-electron chi connectivity index (χ2n) is 4.12. The Morgan fingerprint density at radius 1 is 1.37 bits per heavy atom. The predicted molar refractivity (Wildman–Crippen MR) is 73.1 cm³/mol. The van der Waals surface area contributed by atoms with Crippen LogP contribution in [0.3, 0.4) is 0 Å². The van der Waals surface area contributed by atoms with Crippen LogP contribution in [0.4, 0.5) is 0 Å². The van der Waals surface area contributed by atoms with Gasteiger partial charge in [-0.15, -0.1) is 0 Å². The minimum absolute atomic E-state index is 0.131. The van der Waals surface area contributed by atoms with Crippen LogP contribution in [0, 0.1) is 18.3 Å². The zero-order chi connectivity index (χ0) is 13.8. The van der Waals surface area contributed by atoms with E-state index in [4.69, 9.17) is 10.00 Å². The second kappa shape index (κ2) is 5.40. The number of nitriles is 1. The van der Waals surface area contributed by atoms with Crippen LogP contribution in [0.5, 0.6) is 5.75 Å². The fourth-order valence-corrected chi connectivity index (χ4v) is 1.96. The Hall–Kier alpha value is -2.54. The van der Waals surface area contributed by atoms with Gasteiger partial charge in [0.15, 0.2) is 0 Å². The molecule has 1 aromatic carbocycles. The van der Waals surface area contributed by atoms with Gasteiger partial charge >= 0.3 is 0 Å². The molecule has 0 amide bonds. The number of rotatable bonds is 3. The molecule has 1 aromatic heterocycles. The van der Waals surface area contributed by atoms with Crippen LogP contribution in [-0.2, 0) is 0 Å². The van der Waals surface area contributed by atoms with Gasteiger partial charge in [0, 0.05) is 11.8 Å². The van der Waals surface area contributed by atoms with Crippen molar-refractivity contribution in [2.75, 3.05) is 6.61 Å². The first-order chi connectivity index (χ1) is 9.17. The lowest BCUT2D eigenvalue weighted by atomic mass is 10.00. The van der Waals surface area contributed by atoms with Gasteiger partial charge in [0.25, 0.3) is 5.56 Å². The fourth-order valence-electron chi connectivity index (χ4n) is 1.96. The smallest absolute Gasteiger partial charge is 0.266 e. The molecule has 0 saturated heterocycles. The third-order valence-electron chi connectivity index (χ3n) is 2.86. The highest BCUT2D eigenvalue weighted by molar-refractivity contribution is 5.71. The summed E-state index contributed by atoms with van der Waals surface area (Å²) in [7, 11) is 0. The summed E-state index contributed by atoms with van der Waals surface area (Å²) in [6, 6.07) is 9.31. The van der Waals surface area contributed by atoms with E-state index >= 15 is 0 Å². The molecule has 0 radical (unpaired) electrons. The van der Waals surface area contributed by atoms with Gasteiger partial charge in [-0.05, 0) is 43.2 Å². The lowest BCUT2D eigenvalue weighted by Gasteiger charge is -2.09. The van der Waals surface area contributed by atoms with E-state index in [0.717, 1.165) is 16.9 Å².